The molecule has 0 N–H and O–H groups in total. The number of allylic oxidation sites excluding steroid dienone is 1. The lowest BCUT2D eigenvalue weighted by molar-refractivity contribution is -0.0888. The van der Waals surface area contributed by atoms with Gasteiger partial charge in [0.05, 0.1) is 5.71 Å². The molecule has 0 aromatic heterocycles. The Bertz CT molecular complexity index is 209. The fraction of sp³-hybridized carbons (Fsp3) is 0.727. The van der Waals surface area contributed by atoms with Crippen LogP contribution in [0.4, 0.5) is 0 Å². The molecule has 76 valence electrons. The van der Waals surface area contributed by atoms with Crippen LogP contribution in [0.25, 0.3) is 0 Å². The van der Waals surface area contributed by atoms with Gasteiger partial charge in [-0.2, -0.15) is 0 Å². The van der Waals surface area contributed by atoms with Gasteiger partial charge < -0.3 is 4.84 Å². The Balaban J connectivity index is 4.44. The molecule has 0 saturated carbocycles. The standard InChI is InChI=1S/C11H21NO/c1-8-9(2)12-13-11(6,7)10(3,4)5/h8H,1H2,2-7H3/b12-9+. The molecule has 0 bridgehead atoms. The number of hydrogen-bond acceptors (Lipinski definition) is 2. The van der Waals surface area contributed by atoms with E-state index in [1.54, 1.807) is 6.08 Å². The highest BCUT2D eigenvalue weighted by Crippen LogP contribution is 2.33. The van der Waals surface area contributed by atoms with Gasteiger partial charge in [-0.25, -0.2) is 0 Å². The molecule has 2 heteroatoms. The summed E-state index contributed by atoms with van der Waals surface area (Å²) in [5.41, 5.74) is 0.604. The Morgan fingerprint density at radius 2 is 1.69 bits per heavy atom. The Morgan fingerprint density at radius 3 is 2.00 bits per heavy atom. The summed E-state index contributed by atoms with van der Waals surface area (Å²) in [6.45, 7) is 15.9. The minimum Gasteiger partial charge on any atom is -0.389 e. The van der Waals surface area contributed by atoms with E-state index in [2.05, 4.69) is 32.5 Å². The summed E-state index contributed by atoms with van der Waals surface area (Å²) in [4.78, 5) is 5.46. The molecular weight excluding hydrogens is 162 g/mol. The van der Waals surface area contributed by atoms with Crippen LogP contribution in [0.2, 0.25) is 0 Å². The topological polar surface area (TPSA) is 21.6 Å². The van der Waals surface area contributed by atoms with Crippen molar-refractivity contribution in [2.24, 2.45) is 10.6 Å². The van der Waals surface area contributed by atoms with Gasteiger partial charge in [-0.05, 0) is 26.8 Å². The van der Waals surface area contributed by atoms with Gasteiger partial charge in [0.15, 0.2) is 0 Å². The summed E-state index contributed by atoms with van der Waals surface area (Å²) >= 11 is 0. The van der Waals surface area contributed by atoms with E-state index in [4.69, 9.17) is 4.84 Å². The molecule has 2 nitrogen and oxygen atoms in total. The molecule has 0 rings (SSSR count). The minimum atomic E-state index is -0.267. The predicted molar refractivity (Wildman–Crippen MR) is 57.9 cm³/mol. The van der Waals surface area contributed by atoms with Gasteiger partial charge in [0.2, 0.25) is 0 Å². The van der Waals surface area contributed by atoms with Crippen molar-refractivity contribution in [3.05, 3.63) is 12.7 Å². The molecule has 0 saturated heterocycles. The highest BCUT2D eigenvalue weighted by Gasteiger charge is 2.35. The van der Waals surface area contributed by atoms with Crippen LogP contribution in [0, 0.1) is 5.41 Å². The van der Waals surface area contributed by atoms with Crippen LogP contribution in [0.5, 0.6) is 0 Å². The van der Waals surface area contributed by atoms with Crippen LogP contribution in [0.1, 0.15) is 41.5 Å². The van der Waals surface area contributed by atoms with Crippen LogP contribution in [0.15, 0.2) is 17.8 Å². The van der Waals surface area contributed by atoms with Crippen LogP contribution < -0.4 is 0 Å². The van der Waals surface area contributed by atoms with E-state index < -0.39 is 0 Å². The number of nitrogens with zero attached hydrogens (tertiary/aromatic N) is 1. The van der Waals surface area contributed by atoms with Gasteiger partial charge in [0.25, 0.3) is 0 Å². The Morgan fingerprint density at radius 1 is 1.23 bits per heavy atom. The summed E-state index contributed by atoms with van der Waals surface area (Å²) in [6, 6.07) is 0. The summed E-state index contributed by atoms with van der Waals surface area (Å²) in [5.74, 6) is 0. The van der Waals surface area contributed by atoms with Crippen LogP contribution in [0.3, 0.4) is 0 Å². The quantitative estimate of drug-likeness (QED) is 0.485. The lowest BCUT2D eigenvalue weighted by Crippen LogP contribution is -2.38. The van der Waals surface area contributed by atoms with Gasteiger partial charge in [-0.3, -0.25) is 0 Å². The molecular formula is C11H21NO. The van der Waals surface area contributed by atoms with Gasteiger partial charge >= 0.3 is 0 Å². The largest absolute Gasteiger partial charge is 0.389 e. The molecule has 0 atom stereocenters. The summed E-state index contributed by atoms with van der Waals surface area (Å²) in [5, 5.41) is 3.98. The van der Waals surface area contributed by atoms with Gasteiger partial charge in [0.1, 0.15) is 5.60 Å². The normalized spacial score (nSPS) is 14.2. The van der Waals surface area contributed by atoms with E-state index in [1.807, 2.05) is 20.8 Å². The zero-order chi connectivity index (χ0) is 10.7. The van der Waals surface area contributed by atoms with Crippen molar-refractivity contribution in [1.82, 2.24) is 0 Å². The fourth-order valence-electron chi connectivity index (χ4n) is 0.360. The first-order valence-corrected chi connectivity index (χ1v) is 4.56. The SMILES string of the molecule is C=C/C(C)=N/OC(C)(C)C(C)(C)C. The zero-order valence-electron chi connectivity index (χ0n) is 9.64. The fourth-order valence-corrected chi connectivity index (χ4v) is 0.360. The first-order valence-electron chi connectivity index (χ1n) is 4.56. The third-order valence-corrected chi connectivity index (χ3v) is 2.52. The van der Waals surface area contributed by atoms with E-state index >= 15 is 0 Å². The van der Waals surface area contributed by atoms with Crippen molar-refractivity contribution >= 4 is 5.71 Å². The third kappa shape index (κ3) is 3.62. The Hall–Kier alpha value is -0.790. The smallest absolute Gasteiger partial charge is 0.137 e. The van der Waals surface area contributed by atoms with E-state index in [0.29, 0.717) is 0 Å². The second kappa shape index (κ2) is 3.95. The lowest BCUT2D eigenvalue weighted by atomic mass is 9.79. The zero-order valence-corrected chi connectivity index (χ0v) is 9.64. The third-order valence-electron chi connectivity index (χ3n) is 2.52. The molecule has 0 heterocycles. The molecule has 0 unspecified atom stereocenters. The number of hydrogen-bond donors (Lipinski definition) is 0. The maximum atomic E-state index is 5.46. The van der Waals surface area contributed by atoms with E-state index in [9.17, 15) is 0 Å². The molecule has 0 aromatic carbocycles. The monoisotopic (exact) mass is 183 g/mol. The lowest BCUT2D eigenvalue weighted by Gasteiger charge is -2.36. The van der Waals surface area contributed by atoms with E-state index in [1.165, 1.54) is 0 Å². The first-order chi connectivity index (χ1) is 5.70. The van der Waals surface area contributed by atoms with Crippen LogP contribution in [-0.4, -0.2) is 11.3 Å². The first kappa shape index (κ1) is 12.2. The van der Waals surface area contributed by atoms with E-state index in [0.717, 1.165) is 5.71 Å². The average molecular weight is 183 g/mol. The molecule has 0 radical (unpaired) electrons. The second-order valence-corrected chi connectivity index (χ2v) is 4.79. The molecule has 0 aliphatic heterocycles. The van der Waals surface area contributed by atoms with Gasteiger partial charge in [0, 0.05) is 5.41 Å². The molecule has 13 heavy (non-hydrogen) atoms. The number of oxime groups is 1. The molecule has 0 spiro atoms. The van der Waals surface area contributed by atoms with Gasteiger partial charge in [-0.15, -0.1) is 0 Å². The van der Waals surface area contributed by atoms with E-state index in [-0.39, 0.29) is 11.0 Å². The minimum absolute atomic E-state index is 0.0674. The van der Waals surface area contributed by atoms with Gasteiger partial charge in [-0.1, -0.05) is 32.5 Å². The Kier molecular flexibility index (Phi) is 3.71. The summed E-state index contributed by atoms with van der Waals surface area (Å²) in [7, 11) is 0. The van der Waals surface area contributed by atoms with Crippen molar-refractivity contribution in [3.63, 3.8) is 0 Å². The molecule has 0 fully saturated rings. The van der Waals surface area contributed by atoms with Crippen molar-refractivity contribution in [2.45, 2.75) is 47.1 Å². The van der Waals surface area contributed by atoms with Crippen molar-refractivity contribution in [2.75, 3.05) is 0 Å². The molecule has 0 aliphatic carbocycles. The summed E-state index contributed by atoms with van der Waals surface area (Å²) < 4.78 is 0. The maximum absolute atomic E-state index is 5.46. The molecule has 0 amide bonds. The average Bonchev–Trinajstić information content (AvgIpc) is 1.98. The van der Waals surface area contributed by atoms with Crippen LogP contribution >= 0.6 is 0 Å². The number of rotatable bonds is 3. The molecule has 0 aromatic rings. The predicted octanol–water partition coefficient (Wildman–Crippen LogP) is 3.39. The van der Waals surface area contributed by atoms with Crippen molar-refractivity contribution in [3.8, 4) is 0 Å². The summed E-state index contributed by atoms with van der Waals surface area (Å²) in [6.07, 6.45) is 1.68. The Labute approximate surface area is 81.7 Å². The van der Waals surface area contributed by atoms with Crippen molar-refractivity contribution in [1.29, 1.82) is 0 Å². The maximum Gasteiger partial charge on any atom is 0.137 e. The van der Waals surface area contributed by atoms with Crippen molar-refractivity contribution < 1.29 is 4.84 Å². The van der Waals surface area contributed by atoms with Crippen LogP contribution in [-0.2, 0) is 4.84 Å². The second-order valence-electron chi connectivity index (χ2n) is 4.79. The highest BCUT2D eigenvalue weighted by molar-refractivity contribution is 5.91. The molecule has 0 aliphatic rings. The highest BCUT2D eigenvalue weighted by atomic mass is 16.6.